The molecule has 0 radical (unpaired) electrons. The number of amides is 2. The fraction of sp³-hybridized carbons (Fsp3) is 0.481. The highest BCUT2D eigenvalue weighted by Crippen LogP contribution is 2.38. The second kappa shape index (κ2) is 7.79. The van der Waals surface area contributed by atoms with Crippen molar-refractivity contribution < 1.29 is 14.0 Å². The van der Waals surface area contributed by atoms with Crippen LogP contribution in [0.25, 0.3) is 11.1 Å². The van der Waals surface area contributed by atoms with Gasteiger partial charge in [-0.25, -0.2) is 0 Å². The number of aromatic nitrogens is 1. The Kier molecular flexibility index (Phi) is 5.15. The molecule has 0 spiro atoms. The lowest BCUT2D eigenvalue weighted by Gasteiger charge is -2.46. The Morgan fingerprint density at radius 2 is 1.94 bits per heavy atom. The van der Waals surface area contributed by atoms with Crippen molar-refractivity contribution in [2.24, 2.45) is 11.8 Å². The van der Waals surface area contributed by atoms with E-state index < -0.39 is 5.54 Å². The summed E-state index contributed by atoms with van der Waals surface area (Å²) in [7, 11) is 0. The predicted octanol–water partition coefficient (Wildman–Crippen LogP) is 5.21. The SMILES string of the molecule is Cc1ccc(C)c(N2C(=O)c3cc4occc4n3C[C@]2(C)C(=O)N[C@@H]2CCC[C@@H](C)[C@H]2C)c1. The van der Waals surface area contributed by atoms with Gasteiger partial charge < -0.3 is 14.3 Å². The monoisotopic (exact) mass is 447 g/mol. The molecule has 1 aliphatic heterocycles. The van der Waals surface area contributed by atoms with Gasteiger partial charge >= 0.3 is 0 Å². The van der Waals surface area contributed by atoms with Gasteiger partial charge in [-0.1, -0.05) is 38.8 Å². The second-order valence-corrected chi connectivity index (χ2v) is 10.3. The number of nitrogens with one attached hydrogen (secondary N) is 1. The smallest absolute Gasteiger partial charge is 0.276 e. The van der Waals surface area contributed by atoms with Crippen LogP contribution in [-0.2, 0) is 11.3 Å². The first kappa shape index (κ1) is 21.8. The van der Waals surface area contributed by atoms with Gasteiger partial charge in [0.05, 0.1) is 18.3 Å². The summed E-state index contributed by atoms with van der Waals surface area (Å²) in [6.07, 6.45) is 4.92. The first-order valence-corrected chi connectivity index (χ1v) is 12.0. The normalized spacial score (nSPS) is 27.6. The number of fused-ring (bicyclic) bond motifs is 3. The number of nitrogens with zero attached hydrogens (tertiary/aromatic N) is 2. The van der Waals surface area contributed by atoms with E-state index in [1.165, 1.54) is 6.42 Å². The van der Waals surface area contributed by atoms with E-state index in [2.05, 4.69) is 19.2 Å². The number of carbonyl (C=O) groups is 2. The second-order valence-electron chi connectivity index (χ2n) is 10.3. The van der Waals surface area contributed by atoms with E-state index in [-0.39, 0.29) is 17.9 Å². The van der Waals surface area contributed by atoms with Gasteiger partial charge in [0.15, 0.2) is 5.58 Å². The van der Waals surface area contributed by atoms with E-state index in [0.29, 0.717) is 29.7 Å². The van der Waals surface area contributed by atoms with Crippen molar-refractivity contribution in [2.75, 3.05) is 4.90 Å². The van der Waals surface area contributed by atoms with Crippen molar-refractivity contribution in [1.82, 2.24) is 9.88 Å². The minimum absolute atomic E-state index is 0.0984. The number of rotatable bonds is 3. The largest absolute Gasteiger partial charge is 0.463 e. The molecule has 5 rings (SSSR count). The molecule has 1 aliphatic carbocycles. The third kappa shape index (κ3) is 3.38. The first-order valence-electron chi connectivity index (χ1n) is 12.0. The molecule has 2 amide bonds. The molecule has 4 atom stereocenters. The van der Waals surface area contributed by atoms with Crippen molar-refractivity contribution >= 4 is 28.6 Å². The van der Waals surface area contributed by atoms with Crippen LogP contribution in [0.2, 0.25) is 0 Å². The number of hydrogen-bond acceptors (Lipinski definition) is 3. The average molecular weight is 448 g/mol. The van der Waals surface area contributed by atoms with Crippen LogP contribution in [0, 0.1) is 25.7 Å². The van der Waals surface area contributed by atoms with Crippen LogP contribution in [0.4, 0.5) is 5.69 Å². The molecule has 0 bridgehead atoms. The minimum atomic E-state index is -1.08. The van der Waals surface area contributed by atoms with Crippen molar-refractivity contribution in [2.45, 2.75) is 72.0 Å². The summed E-state index contributed by atoms with van der Waals surface area (Å²) in [6.45, 7) is 10.8. The fourth-order valence-electron chi connectivity index (χ4n) is 5.66. The molecule has 0 unspecified atom stereocenters. The van der Waals surface area contributed by atoms with Gasteiger partial charge in [0.2, 0.25) is 5.91 Å². The highest BCUT2D eigenvalue weighted by molar-refractivity contribution is 6.14. The average Bonchev–Trinajstić information content (AvgIpc) is 3.36. The van der Waals surface area contributed by atoms with E-state index in [1.807, 2.05) is 49.6 Å². The summed E-state index contributed by atoms with van der Waals surface area (Å²) in [5.41, 5.74) is 3.79. The Labute approximate surface area is 194 Å². The fourth-order valence-corrected chi connectivity index (χ4v) is 5.66. The van der Waals surface area contributed by atoms with Crippen LogP contribution >= 0.6 is 0 Å². The number of anilines is 1. The summed E-state index contributed by atoms with van der Waals surface area (Å²) < 4.78 is 7.53. The number of furan rings is 1. The molecular formula is C27H33N3O3. The quantitative estimate of drug-likeness (QED) is 0.599. The summed E-state index contributed by atoms with van der Waals surface area (Å²) >= 11 is 0. The molecule has 6 nitrogen and oxygen atoms in total. The van der Waals surface area contributed by atoms with Crippen LogP contribution in [0.3, 0.4) is 0 Å². The lowest BCUT2D eigenvalue weighted by molar-refractivity contribution is -0.128. The summed E-state index contributed by atoms with van der Waals surface area (Å²) in [5.74, 6) is 0.701. The Hall–Kier alpha value is -3.02. The molecule has 1 fully saturated rings. The molecule has 2 aromatic heterocycles. The topological polar surface area (TPSA) is 67.5 Å². The van der Waals surface area contributed by atoms with Crippen molar-refractivity contribution in [3.8, 4) is 0 Å². The molecule has 6 heteroatoms. The highest BCUT2D eigenvalue weighted by Gasteiger charge is 2.50. The maximum absolute atomic E-state index is 14.0. The van der Waals surface area contributed by atoms with Crippen molar-refractivity contribution in [3.63, 3.8) is 0 Å². The summed E-state index contributed by atoms with van der Waals surface area (Å²) in [5, 5.41) is 3.36. The van der Waals surface area contributed by atoms with Crippen molar-refractivity contribution in [3.05, 3.63) is 53.4 Å². The first-order chi connectivity index (χ1) is 15.7. The molecule has 1 saturated carbocycles. The summed E-state index contributed by atoms with van der Waals surface area (Å²) in [4.78, 5) is 29.7. The van der Waals surface area contributed by atoms with Gasteiger partial charge in [-0.2, -0.15) is 0 Å². The van der Waals surface area contributed by atoms with Crippen LogP contribution in [-0.4, -0.2) is 28.0 Å². The van der Waals surface area contributed by atoms with Crippen molar-refractivity contribution in [1.29, 1.82) is 0 Å². The number of hydrogen-bond donors (Lipinski definition) is 1. The number of aryl methyl sites for hydroxylation is 2. The molecule has 3 aromatic rings. The van der Waals surface area contributed by atoms with Gasteiger partial charge in [0.25, 0.3) is 5.91 Å². The zero-order valence-electron chi connectivity index (χ0n) is 20.1. The zero-order valence-corrected chi connectivity index (χ0v) is 20.1. The van der Waals surface area contributed by atoms with Crippen LogP contribution in [0.15, 0.2) is 41.0 Å². The molecule has 2 aliphatic rings. The highest BCUT2D eigenvalue weighted by atomic mass is 16.3. The predicted molar refractivity (Wildman–Crippen MR) is 129 cm³/mol. The zero-order chi connectivity index (χ0) is 23.5. The van der Waals surface area contributed by atoms with Crippen LogP contribution < -0.4 is 10.2 Å². The van der Waals surface area contributed by atoms with Crippen LogP contribution in [0.1, 0.15) is 61.6 Å². The van der Waals surface area contributed by atoms with Gasteiger partial charge in [0, 0.05) is 23.9 Å². The standard InChI is InChI=1S/C27H33N3O3/c1-16-9-10-18(3)22(13-16)30-25(31)23-14-24-21(11-12-33-24)29(23)15-27(30,5)26(32)28-20-8-6-7-17(2)19(20)4/h9-14,17,19-20H,6-8,15H2,1-5H3,(H,28,32)/t17-,19-,20-,27-/m1/s1. The van der Waals surface area contributed by atoms with E-state index >= 15 is 0 Å². The minimum Gasteiger partial charge on any atom is -0.463 e. The van der Waals surface area contributed by atoms with E-state index in [1.54, 1.807) is 17.2 Å². The molecule has 1 N–H and O–H groups in total. The molecule has 33 heavy (non-hydrogen) atoms. The molecular weight excluding hydrogens is 414 g/mol. The van der Waals surface area contributed by atoms with E-state index in [4.69, 9.17) is 4.42 Å². The molecule has 174 valence electrons. The number of carbonyl (C=O) groups excluding carboxylic acids is 2. The van der Waals surface area contributed by atoms with E-state index in [0.717, 1.165) is 35.2 Å². The van der Waals surface area contributed by atoms with Gasteiger partial charge in [0.1, 0.15) is 11.2 Å². The maximum Gasteiger partial charge on any atom is 0.276 e. The van der Waals surface area contributed by atoms with Gasteiger partial charge in [-0.15, -0.1) is 0 Å². The molecule has 1 aromatic carbocycles. The third-order valence-corrected chi connectivity index (χ3v) is 8.02. The number of benzene rings is 1. The lowest BCUT2D eigenvalue weighted by Crippen LogP contribution is -2.66. The third-order valence-electron chi connectivity index (χ3n) is 8.02. The van der Waals surface area contributed by atoms with Crippen LogP contribution in [0.5, 0.6) is 0 Å². The van der Waals surface area contributed by atoms with Gasteiger partial charge in [-0.05, 0) is 56.2 Å². The molecule has 0 saturated heterocycles. The summed E-state index contributed by atoms with van der Waals surface area (Å²) in [6, 6.07) is 9.83. The maximum atomic E-state index is 14.0. The van der Waals surface area contributed by atoms with Gasteiger partial charge in [-0.3, -0.25) is 14.5 Å². The van der Waals surface area contributed by atoms with E-state index in [9.17, 15) is 9.59 Å². The Bertz CT molecular complexity index is 1240. The lowest BCUT2D eigenvalue weighted by atomic mass is 9.77. The Morgan fingerprint density at radius 3 is 2.73 bits per heavy atom. The Morgan fingerprint density at radius 1 is 1.15 bits per heavy atom. The Balaban J connectivity index is 1.61. The molecule has 3 heterocycles.